The van der Waals surface area contributed by atoms with Crippen molar-refractivity contribution in [3.63, 3.8) is 0 Å². The monoisotopic (exact) mass is 254 g/mol. The van der Waals surface area contributed by atoms with Crippen LogP contribution in [0.1, 0.15) is 48.0 Å². The molecule has 2 aliphatic rings. The average Bonchev–Trinajstić information content (AvgIpc) is 2.53. The van der Waals surface area contributed by atoms with Crippen molar-refractivity contribution in [1.29, 1.82) is 0 Å². The number of aliphatic imine (C=N–C) groups is 1. The van der Waals surface area contributed by atoms with Crippen molar-refractivity contribution in [2.24, 2.45) is 27.5 Å². The number of fused-ring (bicyclic) bond motifs is 1. The van der Waals surface area contributed by atoms with Crippen molar-refractivity contribution < 1.29 is 9.47 Å². The van der Waals surface area contributed by atoms with Crippen molar-refractivity contribution in [2.75, 3.05) is 0 Å². The highest BCUT2D eigenvalue weighted by atomic mass is 16.6. The molecule has 0 aromatic carbocycles. The highest BCUT2D eigenvalue weighted by Gasteiger charge is 2.54. The molecule has 4 unspecified atom stereocenters. The molecule has 4 nitrogen and oxygen atoms in total. The minimum Gasteiger partial charge on any atom is -0.457 e. The Morgan fingerprint density at radius 2 is 1.78 bits per heavy atom. The van der Waals surface area contributed by atoms with Crippen LogP contribution >= 0.6 is 0 Å². The number of hydrogen-bond donors (Lipinski definition) is 1. The SMILES string of the molecule is CC(C)(C)CC1OC2N=C(N)OC2C1C(C)(C)C. The van der Waals surface area contributed by atoms with Crippen LogP contribution in [0.2, 0.25) is 0 Å². The van der Waals surface area contributed by atoms with Crippen LogP contribution in [0.4, 0.5) is 0 Å². The summed E-state index contributed by atoms with van der Waals surface area (Å²) in [6.45, 7) is 13.4. The fourth-order valence-corrected chi connectivity index (χ4v) is 3.09. The number of nitrogens with two attached hydrogens (primary N) is 1. The van der Waals surface area contributed by atoms with Gasteiger partial charge in [0.05, 0.1) is 6.10 Å². The van der Waals surface area contributed by atoms with Crippen LogP contribution in [0.25, 0.3) is 0 Å². The summed E-state index contributed by atoms with van der Waals surface area (Å²) >= 11 is 0. The molecule has 4 heteroatoms. The van der Waals surface area contributed by atoms with Gasteiger partial charge in [0.25, 0.3) is 6.02 Å². The van der Waals surface area contributed by atoms with E-state index in [1.165, 1.54) is 0 Å². The molecule has 104 valence electrons. The highest BCUT2D eigenvalue weighted by molar-refractivity contribution is 5.73. The van der Waals surface area contributed by atoms with Crippen molar-refractivity contribution in [3.8, 4) is 0 Å². The first-order chi connectivity index (χ1) is 8.08. The van der Waals surface area contributed by atoms with E-state index in [1.54, 1.807) is 0 Å². The third kappa shape index (κ3) is 2.63. The lowest BCUT2D eigenvalue weighted by atomic mass is 9.71. The topological polar surface area (TPSA) is 56.8 Å². The molecule has 0 aliphatic carbocycles. The molecular weight excluding hydrogens is 228 g/mol. The summed E-state index contributed by atoms with van der Waals surface area (Å²) < 4.78 is 11.8. The van der Waals surface area contributed by atoms with E-state index in [1.807, 2.05) is 0 Å². The number of amidine groups is 1. The zero-order chi connectivity index (χ0) is 13.7. The Bertz CT molecular complexity index is 352. The number of hydrogen-bond acceptors (Lipinski definition) is 4. The molecule has 18 heavy (non-hydrogen) atoms. The molecule has 0 aromatic heterocycles. The van der Waals surface area contributed by atoms with Gasteiger partial charge in [-0.25, -0.2) is 0 Å². The van der Waals surface area contributed by atoms with Crippen molar-refractivity contribution in [3.05, 3.63) is 0 Å². The Morgan fingerprint density at radius 3 is 2.28 bits per heavy atom. The Balaban J connectivity index is 2.20. The second-order valence-corrected chi connectivity index (χ2v) is 7.77. The van der Waals surface area contributed by atoms with Gasteiger partial charge in [0, 0.05) is 5.92 Å². The zero-order valence-electron chi connectivity index (χ0n) is 12.4. The molecule has 2 N–H and O–H groups in total. The predicted molar refractivity (Wildman–Crippen MR) is 72.2 cm³/mol. The van der Waals surface area contributed by atoms with Crippen LogP contribution in [0, 0.1) is 16.7 Å². The van der Waals surface area contributed by atoms with Crippen LogP contribution < -0.4 is 5.73 Å². The van der Waals surface area contributed by atoms with Gasteiger partial charge in [-0.1, -0.05) is 41.5 Å². The van der Waals surface area contributed by atoms with E-state index in [2.05, 4.69) is 46.5 Å². The lowest BCUT2D eigenvalue weighted by Gasteiger charge is -2.35. The summed E-state index contributed by atoms with van der Waals surface area (Å²) in [7, 11) is 0. The molecule has 2 aliphatic heterocycles. The van der Waals surface area contributed by atoms with E-state index >= 15 is 0 Å². The van der Waals surface area contributed by atoms with Gasteiger partial charge >= 0.3 is 0 Å². The first-order valence-corrected chi connectivity index (χ1v) is 6.73. The first-order valence-electron chi connectivity index (χ1n) is 6.73. The molecule has 0 aromatic rings. The summed E-state index contributed by atoms with van der Waals surface area (Å²) in [5.41, 5.74) is 6.01. The molecule has 0 radical (unpaired) electrons. The largest absolute Gasteiger partial charge is 0.457 e. The summed E-state index contributed by atoms with van der Waals surface area (Å²) in [5, 5.41) is 0. The normalized spacial score (nSPS) is 36.2. The molecule has 2 heterocycles. The maximum atomic E-state index is 6.08. The number of rotatable bonds is 1. The van der Waals surface area contributed by atoms with E-state index < -0.39 is 0 Å². The second kappa shape index (κ2) is 4.12. The van der Waals surface area contributed by atoms with E-state index in [-0.39, 0.29) is 35.3 Å². The Labute approximate surface area is 110 Å². The summed E-state index contributed by atoms with van der Waals surface area (Å²) in [4.78, 5) is 4.24. The van der Waals surface area contributed by atoms with Gasteiger partial charge in [-0.3, -0.25) is 0 Å². The summed E-state index contributed by atoms with van der Waals surface area (Å²) in [6, 6.07) is 0.272. The molecule has 0 amide bonds. The van der Waals surface area contributed by atoms with Gasteiger partial charge in [0.1, 0.15) is 0 Å². The van der Waals surface area contributed by atoms with Crippen LogP contribution in [0.5, 0.6) is 0 Å². The quantitative estimate of drug-likeness (QED) is 0.782. The van der Waals surface area contributed by atoms with Crippen LogP contribution in [-0.2, 0) is 9.47 Å². The third-order valence-electron chi connectivity index (χ3n) is 3.67. The van der Waals surface area contributed by atoms with Gasteiger partial charge in [0.2, 0.25) is 0 Å². The van der Waals surface area contributed by atoms with Gasteiger partial charge in [-0.05, 0) is 17.3 Å². The molecule has 0 saturated carbocycles. The number of ether oxygens (including phenoxy) is 2. The van der Waals surface area contributed by atoms with Gasteiger partial charge < -0.3 is 15.2 Å². The molecule has 1 fully saturated rings. The average molecular weight is 254 g/mol. The Hall–Kier alpha value is -0.770. The Kier molecular flexibility index (Phi) is 3.13. The maximum absolute atomic E-state index is 6.08. The van der Waals surface area contributed by atoms with Gasteiger partial charge in [0.15, 0.2) is 12.3 Å². The predicted octanol–water partition coefficient (Wildman–Crippen LogP) is 2.52. The van der Waals surface area contributed by atoms with E-state index in [0.717, 1.165) is 6.42 Å². The lowest BCUT2D eigenvalue weighted by Crippen LogP contribution is -2.39. The first kappa shape index (κ1) is 13.7. The minimum absolute atomic E-state index is 0.0163. The molecule has 4 atom stereocenters. The molecule has 0 spiro atoms. The fourth-order valence-electron chi connectivity index (χ4n) is 3.09. The summed E-state index contributed by atoms with van der Waals surface area (Å²) in [6.07, 6.45) is 0.983. The maximum Gasteiger partial charge on any atom is 0.285 e. The van der Waals surface area contributed by atoms with Crippen LogP contribution in [-0.4, -0.2) is 24.5 Å². The minimum atomic E-state index is -0.207. The second-order valence-electron chi connectivity index (χ2n) is 7.77. The van der Waals surface area contributed by atoms with Crippen molar-refractivity contribution >= 4 is 6.02 Å². The van der Waals surface area contributed by atoms with E-state index in [4.69, 9.17) is 15.2 Å². The van der Waals surface area contributed by atoms with E-state index in [9.17, 15) is 0 Å². The smallest absolute Gasteiger partial charge is 0.285 e. The van der Waals surface area contributed by atoms with Crippen molar-refractivity contribution in [2.45, 2.75) is 66.4 Å². The highest BCUT2D eigenvalue weighted by Crippen LogP contribution is 2.46. The van der Waals surface area contributed by atoms with Gasteiger partial charge in [-0.2, -0.15) is 4.99 Å². The number of nitrogens with zero attached hydrogens (tertiary/aromatic N) is 1. The molecular formula is C14H26N2O2. The van der Waals surface area contributed by atoms with Gasteiger partial charge in [-0.15, -0.1) is 0 Å². The molecule has 2 rings (SSSR count). The van der Waals surface area contributed by atoms with Crippen molar-refractivity contribution in [1.82, 2.24) is 0 Å². The third-order valence-corrected chi connectivity index (χ3v) is 3.67. The standard InChI is InChI=1S/C14H26N2O2/c1-13(2,3)7-8-9(14(4,5)6)10-11(17-8)16-12(15)18-10/h8-11H,7H2,1-6H3,(H2,15,16). The zero-order valence-corrected chi connectivity index (χ0v) is 12.4. The Morgan fingerprint density at radius 1 is 1.17 bits per heavy atom. The van der Waals surface area contributed by atoms with Crippen LogP contribution in [0.15, 0.2) is 4.99 Å². The lowest BCUT2D eigenvalue weighted by molar-refractivity contribution is -0.00167. The molecule has 1 saturated heterocycles. The fraction of sp³-hybridized carbons (Fsp3) is 0.929. The summed E-state index contributed by atoms with van der Waals surface area (Å²) in [5.74, 6) is 0.325. The van der Waals surface area contributed by atoms with Crippen LogP contribution in [0.3, 0.4) is 0 Å². The van der Waals surface area contributed by atoms with E-state index in [0.29, 0.717) is 5.92 Å². The molecule has 0 bridgehead atoms.